The van der Waals surface area contributed by atoms with Crippen LogP contribution in [0.5, 0.6) is 0 Å². The fourth-order valence-corrected chi connectivity index (χ4v) is 1.55. The minimum atomic E-state index is -0.578. The third-order valence-electron chi connectivity index (χ3n) is 2.63. The quantitative estimate of drug-likeness (QED) is 0.482. The van der Waals surface area contributed by atoms with Crippen LogP contribution in [0.4, 0.5) is 0 Å². The molecular weight excluding hydrogens is 158 g/mol. The Morgan fingerprint density at radius 3 is 2.50 bits per heavy atom. The van der Waals surface area contributed by atoms with Crippen molar-refractivity contribution in [2.24, 2.45) is 11.7 Å². The Balaban J connectivity index is 2.63. The van der Waals surface area contributed by atoms with Crippen LogP contribution in [0, 0.1) is 5.92 Å². The second-order valence-electron chi connectivity index (χ2n) is 3.49. The number of nitrogens with two attached hydrogens (primary N) is 1. The Morgan fingerprint density at radius 1 is 1.42 bits per heavy atom. The molecule has 0 unspecified atom stereocenters. The largest absolute Gasteiger partial charge is 0.394 e. The van der Waals surface area contributed by atoms with Gasteiger partial charge in [-0.15, -0.1) is 0 Å². The fourth-order valence-electron chi connectivity index (χ4n) is 1.55. The van der Waals surface area contributed by atoms with Gasteiger partial charge < -0.3 is 20.7 Å². The van der Waals surface area contributed by atoms with E-state index in [-0.39, 0.29) is 30.8 Å². The highest BCUT2D eigenvalue weighted by Crippen LogP contribution is 2.23. The predicted octanol–water partition coefficient (Wildman–Crippen LogP) is -0.910. The van der Waals surface area contributed by atoms with Crippen LogP contribution in [-0.2, 0) is 4.74 Å². The summed E-state index contributed by atoms with van der Waals surface area (Å²) in [5, 5.41) is 18.5. The maximum absolute atomic E-state index is 9.60. The Kier molecular flexibility index (Phi) is 3.06. The summed E-state index contributed by atoms with van der Waals surface area (Å²) in [5.74, 6) is -0.0961. The minimum absolute atomic E-state index is 0.0602. The molecule has 1 aliphatic heterocycles. The van der Waals surface area contributed by atoms with E-state index in [0.717, 1.165) is 0 Å². The average molecular weight is 175 g/mol. The number of aliphatic hydroxyl groups is 2. The van der Waals surface area contributed by atoms with Crippen molar-refractivity contribution >= 4 is 0 Å². The number of ether oxygens (including phenoxy) is 1. The van der Waals surface area contributed by atoms with Crippen LogP contribution in [0.2, 0.25) is 0 Å². The molecule has 1 heterocycles. The lowest BCUT2D eigenvalue weighted by Gasteiger charge is -2.40. The number of hydrogen-bond donors (Lipinski definition) is 3. The molecule has 1 aliphatic rings. The molecule has 4 heteroatoms. The highest BCUT2D eigenvalue weighted by Gasteiger charge is 2.38. The molecule has 0 amide bonds. The Hall–Kier alpha value is -0.160. The first-order chi connectivity index (χ1) is 5.57. The molecule has 1 saturated heterocycles. The molecule has 0 bridgehead atoms. The van der Waals surface area contributed by atoms with Gasteiger partial charge in [-0.25, -0.2) is 0 Å². The van der Waals surface area contributed by atoms with Gasteiger partial charge in [0.15, 0.2) is 0 Å². The molecule has 0 aromatic rings. The van der Waals surface area contributed by atoms with Crippen LogP contribution in [0.25, 0.3) is 0 Å². The summed E-state index contributed by atoms with van der Waals surface area (Å²) in [5.41, 5.74) is 5.67. The maximum atomic E-state index is 9.60. The second kappa shape index (κ2) is 3.70. The Morgan fingerprint density at radius 2 is 2.00 bits per heavy atom. The molecule has 1 rings (SSSR count). The van der Waals surface area contributed by atoms with Crippen LogP contribution in [0.1, 0.15) is 13.8 Å². The van der Waals surface area contributed by atoms with Crippen molar-refractivity contribution < 1.29 is 14.9 Å². The number of aliphatic hydroxyl groups excluding tert-OH is 2. The lowest BCUT2D eigenvalue weighted by molar-refractivity contribution is -0.149. The SMILES string of the molecule is C[C@H]1[C@@H](O)[C@@H](N)[C@H](C)O[C@@H]1CO. The smallest absolute Gasteiger partial charge is 0.0860 e. The van der Waals surface area contributed by atoms with Gasteiger partial charge in [0.05, 0.1) is 31.0 Å². The zero-order valence-corrected chi connectivity index (χ0v) is 7.47. The average Bonchev–Trinajstić information content (AvgIpc) is 2.08. The van der Waals surface area contributed by atoms with Crippen LogP contribution >= 0.6 is 0 Å². The molecule has 0 aromatic heterocycles. The van der Waals surface area contributed by atoms with Gasteiger partial charge in [0.1, 0.15) is 0 Å². The van der Waals surface area contributed by atoms with E-state index in [1.54, 1.807) is 0 Å². The summed E-state index contributed by atoms with van der Waals surface area (Å²) in [7, 11) is 0. The zero-order chi connectivity index (χ0) is 9.30. The van der Waals surface area contributed by atoms with Gasteiger partial charge in [0, 0.05) is 5.92 Å². The van der Waals surface area contributed by atoms with Crippen molar-refractivity contribution in [2.75, 3.05) is 6.61 Å². The monoisotopic (exact) mass is 175 g/mol. The topological polar surface area (TPSA) is 75.7 Å². The summed E-state index contributed by atoms with van der Waals surface area (Å²) in [4.78, 5) is 0. The summed E-state index contributed by atoms with van der Waals surface area (Å²) in [6, 6.07) is -0.345. The van der Waals surface area contributed by atoms with Crippen molar-refractivity contribution in [1.82, 2.24) is 0 Å². The van der Waals surface area contributed by atoms with E-state index in [1.165, 1.54) is 0 Å². The Labute approximate surface area is 72.3 Å². The van der Waals surface area contributed by atoms with Crippen LogP contribution in [0.3, 0.4) is 0 Å². The molecule has 12 heavy (non-hydrogen) atoms. The predicted molar refractivity (Wildman–Crippen MR) is 44.6 cm³/mol. The van der Waals surface area contributed by atoms with E-state index in [2.05, 4.69) is 0 Å². The lowest BCUT2D eigenvalue weighted by atomic mass is 9.88. The number of rotatable bonds is 1. The first kappa shape index (κ1) is 9.92. The lowest BCUT2D eigenvalue weighted by Crippen LogP contribution is -2.57. The van der Waals surface area contributed by atoms with E-state index in [9.17, 15) is 5.11 Å². The molecule has 0 aromatic carbocycles. The van der Waals surface area contributed by atoms with Crippen molar-refractivity contribution in [1.29, 1.82) is 0 Å². The summed E-state index contributed by atoms with van der Waals surface area (Å²) >= 11 is 0. The first-order valence-corrected chi connectivity index (χ1v) is 4.28. The summed E-state index contributed by atoms with van der Waals surface area (Å²) in [6.45, 7) is 3.58. The first-order valence-electron chi connectivity index (χ1n) is 4.28. The summed E-state index contributed by atoms with van der Waals surface area (Å²) in [6.07, 6.45) is -1.05. The fraction of sp³-hybridized carbons (Fsp3) is 1.00. The molecule has 1 fully saturated rings. The Bertz CT molecular complexity index is 148. The molecule has 72 valence electrons. The van der Waals surface area contributed by atoms with E-state index in [4.69, 9.17) is 15.6 Å². The van der Waals surface area contributed by atoms with Gasteiger partial charge in [-0.2, -0.15) is 0 Å². The number of hydrogen-bond acceptors (Lipinski definition) is 4. The van der Waals surface area contributed by atoms with Gasteiger partial charge in [-0.3, -0.25) is 0 Å². The van der Waals surface area contributed by atoms with Crippen molar-refractivity contribution in [3.05, 3.63) is 0 Å². The maximum Gasteiger partial charge on any atom is 0.0860 e. The second-order valence-corrected chi connectivity index (χ2v) is 3.49. The molecule has 5 atom stereocenters. The van der Waals surface area contributed by atoms with Crippen molar-refractivity contribution in [3.8, 4) is 0 Å². The highest BCUT2D eigenvalue weighted by atomic mass is 16.5. The van der Waals surface area contributed by atoms with Crippen LogP contribution in [-0.4, -0.2) is 41.2 Å². The van der Waals surface area contributed by atoms with E-state index >= 15 is 0 Å². The third kappa shape index (κ3) is 1.61. The van der Waals surface area contributed by atoms with Gasteiger partial charge in [-0.05, 0) is 6.92 Å². The van der Waals surface area contributed by atoms with Crippen LogP contribution in [0.15, 0.2) is 0 Å². The summed E-state index contributed by atoms with van der Waals surface area (Å²) < 4.78 is 5.40. The van der Waals surface area contributed by atoms with E-state index < -0.39 is 6.10 Å². The van der Waals surface area contributed by atoms with Crippen LogP contribution < -0.4 is 5.73 Å². The third-order valence-corrected chi connectivity index (χ3v) is 2.63. The molecule has 0 radical (unpaired) electrons. The normalized spacial score (nSPS) is 49.2. The molecule has 0 spiro atoms. The zero-order valence-electron chi connectivity index (χ0n) is 7.47. The van der Waals surface area contributed by atoms with Gasteiger partial charge >= 0.3 is 0 Å². The minimum Gasteiger partial charge on any atom is -0.394 e. The van der Waals surface area contributed by atoms with Crippen molar-refractivity contribution in [3.63, 3.8) is 0 Å². The highest BCUT2D eigenvalue weighted by molar-refractivity contribution is 4.90. The van der Waals surface area contributed by atoms with E-state index in [0.29, 0.717) is 0 Å². The van der Waals surface area contributed by atoms with Gasteiger partial charge in [0.2, 0.25) is 0 Å². The molecule has 0 aliphatic carbocycles. The van der Waals surface area contributed by atoms with E-state index in [1.807, 2.05) is 13.8 Å². The molecule has 4 N–H and O–H groups in total. The van der Waals surface area contributed by atoms with Gasteiger partial charge in [-0.1, -0.05) is 6.92 Å². The molecular formula is C8H17NO3. The standard InChI is InChI=1S/C8H17NO3/c1-4-6(3-10)12-5(2)7(9)8(4)11/h4-8,10-11H,3,9H2,1-2H3/t4-,5+,6-,7+,8-/m1/s1. The molecule has 0 saturated carbocycles. The van der Waals surface area contributed by atoms with Gasteiger partial charge in [0.25, 0.3) is 0 Å². The molecule has 4 nitrogen and oxygen atoms in total. The van der Waals surface area contributed by atoms with Crippen molar-refractivity contribution in [2.45, 2.75) is 38.2 Å².